The van der Waals surface area contributed by atoms with E-state index in [1.807, 2.05) is 19.9 Å². The molecule has 3 nitrogen and oxygen atoms in total. The zero-order valence-corrected chi connectivity index (χ0v) is 13.1. The van der Waals surface area contributed by atoms with Gasteiger partial charge in [0.05, 0.1) is 6.61 Å². The van der Waals surface area contributed by atoms with Crippen LogP contribution in [-0.2, 0) is 16.1 Å². The fourth-order valence-corrected chi connectivity index (χ4v) is 2.60. The molecule has 112 valence electrons. The lowest BCUT2D eigenvalue weighted by molar-refractivity contribution is -0.138. The van der Waals surface area contributed by atoms with E-state index < -0.39 is 0 Å². The van der Waals surface area contributed by atoms with Gasteiger partial charge in [-0.3, -0.25) is 0 Å². The summed E-state index contributed by atoms with van der Waals surface area (Å²) in [6, 6.07) is 10.4. The number of esters is 1. The summed E-state index contributed by atoms with van der Waals surface area (Å²) in [4.78, 5) is 14.1. The third kappa shape index (κ3) is 3.97. The number of carbonyl (C=O) groups excluding carboxylic acids is 1. The van der Waals surface area contributed by atoms with Crippen LogP contribution in [0.3, 0.4) is 0 Å². The average Bonchev–Trinajstić information content (AvgIpc) is 2.48. The summed E-state index contributed by atoms with van der Waals surface area (Å²) in [6.07, 6.45) is 3.75. The molecular formula is C18H23NO2. The molecule has 21 heavy (non-hydrogen) atoms. The van der Waals surface area contributed by atoms with Gasteiger partial charge in [-0.15, -0.1) is 0 Å². The monoisotopic (exact) mass is 285 g/mol. The summed E-state index contributed by atoms with van der Waals surface area (Å²) < 4.78 is 5.10. The number of hydrogen-bond donors (Lipinski definition) is 0. The van der Waals surface area contributed by atoms with Gasteiger partial charge in [-0.1, -0.05) is 30.3 Å². The second-order valence-electron chi connectivity index (χ2n) is 5.36. The van der Waals surface area contributed by atoms with Crippen molar-refractivity contribution < 1.29 is 9.53 Å². The van der Waals surface area contributed by atoms with Gasteiger partial charge in [0.1, 0.15) is 0 Å². The molecule has 0 spiro atoms. The lowest BCUT2D eigenvalue weighted by Gasteiger charge is -2.26. The van der Waals surface area contributed by atoms with Crippen LogP contribution in [0.5, 0.6) is 0 Å². The average molecular weight is 285 g/mol. The summed E-state index contributed by atoms with van der Waals surface area (Å²) in [5, 5.41) is 0. The molecule has 3 heteroatoms. The van der Waals surface area contributed by atoms with Crippen molar-refractivity contribution in [3.05, 3.63) is 58.8 Å². The molecule has 0 fully saturated rings. The van der Waals surface area contributed by atoms with Crippen molar-refractivity contribution in [1.29, 1.82) is 0 Å². The smallest absolute Gasteiger partial charge is 0.334 e. The molecular weight excluding hydrogens is 262 g/mol. The minimum absolute atomic E-state index is 0.170. The van der Waals surface area contributed by atoms with E-state index in [4.69, 9.17) is 4.74 Å². The molecule has 0 N–H and O–H groups in total. The Labute approximate surface area is 126 Å². The maximum Gasteiger partial charge on any atom is 0.334 e. The summed E-state index contributed by atoms with van der Waals surface area (Å²) in [5.41, 5.74) is 4.39. The highest BCUT2D eigenvalue weighted by atomic mass is 16.5. The number of hydrogen-bond acceptors (Lipinski definition) is 3. The van der Waals surface area contributed by atoms with Crippen LogP contribution in [0.15, 0.2) is 53.3 Å². The van der Waals surface area contributed by atoms with Crippen molar-refractivity contribution in [1.82, 2.24) is 4.90 Å². The van der Waals surface area contributed by atoms with E-state index in [2.05, 4.69) is 42.3 Å². The van der Waals surface area contributed by atoms with Crippen LogP contribution in [0, 0.1) is 0 Å². The van der Waals surface area contributed by atoms with E-state index in [0.29, 0.717) is 6.61 Å². The largest absolute Gasteiger partial charge is 0.463 e. The molecule has 0 aliphatic heterocycles. The highest BCUT2D eigenvalue weighted by Gasteiger charge is 2.19. The zero-order chi connectivity index (χ0) is 15.2. The van der Waals surface area contributed by atoms with Crippen LogP contribution in [-0.4, -0.2) is 24.5 Å². The highest BCUT2D eigenvalue weighted by Crippen LogP contribution is 2.27. The van der Waals surface area contributed by atoms with Gasteiger partial charge in [-0.25, -0.2) is 4.79 Å². The van der Waals surface area contributed by atoms with Crippen molar-refractivity contribution >= 4 is 5.97 Å². The van der Waals surface area contributed by atoms with Gasteiger partial charge < -0.3 is 9.64 Å². The molecule has 0 saturated carbocycles. The standard InChI is InChI=1S/C18H23NO2/c1-4-21-18(20)17-11-10-16(12-14(17)2)19(3)13-15-8-6-5-7-9-15/h5-9,12H,4,10-11,13H2,1-3H3. The van der Waals surface area contributed by atoms with Crippen molar-refractivity contribution in [2.75, 3.05) is 13.7 Å². The SMILES string of the molecule is CCOC(=O)C1=C(C)C=C(N(C)Cc2ccccc2)CC1. The number of rotatable bonds is 5. The van der Waals surface area contributed by atoms with Crippen molar-refractivity contribution in [3.63, 3.8) is 0 Å². The van der Waals surface area contributed by atoms with Crippen LogP contribution in [0.4, 0.5) is 0 Å². The van der Waals surface area contributed by atoms with Crippen molar-refractivity contribution in [2.45, 2.75) is 33.2 Å². The summed E-state index contributed by atoms with van der Waals surface area (Å²) in [7, 11) is 2.10. The fraction of sp³-hybridized carbons (Fsp3) is 0.389. The fourth-order valence-electron chi connectivity index (χ4n) is 2.60. The first-order chi connectivity index (χ1) is 10.1. The van der Waals surface area contributed by atoms with E-state index in [1.165, 1.54) is 11.3 Å². The molecule has 0 bridgehead atoms. The van der Waals surface area contributed by atoms with Crippen LogP contribution < -0.4 is 0 Å². The lowest BCUT2D eigenvalue weighted by atomic mass is 9.95. The molecule has 1 aliphatic rings. The molecule has 0 atom stereocenters. The first-order valence-electron chi connectivity index (χ1n) is 7.44. The second-order valence-corrected chi connectivity index (χ2v) is 5.36. The Morgan fingerprint density at radius 1 is 1.24 bits per heavy atom. The van der Waals surface area contributed by atoms with Gasteiger partial charge in [-0.2, -0.15) is 0 Å². The Morgan fingerprint density at radius 2 is 1.95 bits per heavy atom. The molecule has 1 aromatic rings. The topological polar surface area (TPSA) is 29.5 Å². The van der Waals surface area contributed by atoms with Crippen molar-refractivity contribution in [3.8, 4) is 0 Å². The first kappa shape index (κ1) is 15.4. The maximum atomic E-state index is 11.9. The number of allylic oxidation sites excluding steroid dienone is 3. The van der Waals surface area contributed by atoms with Crippen LogP contribution in [0.1, 0.15) is 32.3 Å². The number of nitrogens with zero attached hydrogens (tertiary/aromatic N) is 1. The quantitative estimate of drug-likeness (QED) is 0.773. The third-order valence-corrected chi connectivity index (χ3v) is 3.76. The molecule has 0 unspecified atom stereocenters. The lowest BCUT2D eigenvalue weighted by Crippen LogP contribution is -2.21. The molecule has 0 aromatic heterocycles. The van der Waals surface area contributed by atoms with Gasteiger partial charge in [-0.05, 0) is 43.9 Å². The summed E-state index contributed by atoms with van der Waals surface area (Å²) in [6.45, 7) is 5.14. The van der Waals surface area contributed by atoms with E-state index in [-0.39, 0.29) is 5.97 Å². The van der Waals surface area contributed by atoms with Gasteiger partial charge >= 0.3 is 5.97 Å². The third-order valence-electron chi connectivity index (χ3n) is 3.76. The van der Waals surface area contributed by atoms with Crippen molar-refractivity contribution in [2.24, 2.45) is 0 Å². The predicted molar refractivity (Wildman–Crippen MR) is 84.6 cm³/mol. The van der Waals surface area contributed by atoms with E-state index in [0.717, 1.165) is 30.5 Å². The Kier molecular flexibility index (Phi) is 5.20. The summed E-state index contributed by atoms with van der Waals surface area (Å²) in [5.74, 6) is -0.170. The Hall–Kier alpha value is -2.03. The Morgan fingerprint density at radius 3 is 2.57 bits per heavy atom. The predicted octanol–water partition coefficient (Wildman–Crippen LogP) is 3.68. The molecule has 0 amide bonds. The van der Waals surface area contributed by atoms with E-state index in [1.54, 1.807) is 0 Å². The normalized spacial score (nSPS) is 14.7. The highest BCUT2D eigenvalue weighted by molar-refractivity contribution is 5.90. The van der Waals surface area contributed by atoms with E-state index in [9.17, 15) is 4.79 Å². The van der Waals surface area contributed by atoms with Gasteiger partial charge in [0.25, 0.3) is 0 Å². The van der Waals surface area contributed by atoms with Gasteiger partial charge in [0, 0.05) is 24.9 Å². The first-order valence-corrected chi connectivity index (χ1v) is 7.44. The molecule has 2 rings (SSSR count). The Bertz CT molecular complexity index is 558. The molecule has 1 aromatic carbocycles. The van der Waals surface area contributed by atoms with Crippen LogP contribution in [0.2, 0.25) is 0 Å². The second kappa shape index (κ2) is 7.11. The molecule has 1 aliphatic carbocycles. The number of ether oxygens (including phenoxy) is 1. The number of benzene rings is 1. The molecule has 0 saturated heterocycles. The number of carbonyl (C=O) groups is 1. The Balaban J connectivity index is 2.08. The molecule has 0 radical (unpaired) electrons. The minimum atomic E-state index is -0.170. The molecule has 0 heterocycles. The zero-order valence-electron chi connectivity index (χ0n) is 13.1. The van der Waals surface area contributed by atoms with Crippen LogP contribution >= 0.6 is 0 Å². The van der Waals surface area contributed by atoms with Gasteiger partial charge in [0.15, 0.2) is 0 Å². The maximum absolute atomic E-state index is 11.9. The summed E-state index contributed by atoms with van der Waals surface area (Å²) >= 11 is 0. The van der Waals surface area contributed by atoms with Gasteiger partial charge in [0.2, 0.25) is 0 Å². The minimum Gasteiger partial charge on any atom is -0.463 e. The van der Waals surface area contributed by atoms with E-state index >= 15 is 0 Å². The van der Waals surface area contributed by atoms with Crippen LogP contribution in [0.25, 0.3) is 0 Å².